The third-order valence-electron chi connectivity index (χ3n) is 3.74. The molecule has 0 saturated carbocycles. The van der Waals surface area contributed by atoms with Crippen LogP contribution < -0.4 is 5.32 Å². The maximum Gasteiger partial charge on any atom is 0.337 e. The minimum atomic E-state index is -1.15. The van der Waals surface area contributed by atoms with Gasteiger partial charge in [0, 0.05) is 6.42 Å². The van der Waals surface area contributed by atoms with E-state index < -0.39 is 23.3 Å². The van der Waals surface area contributed by atoms with E-state index in [9.17, 15) is 19.5 Å². The molecule has 0 bridgehead atoms. The van der Waals surface area contributed by atoms with Crippen molar-refractivity contribution in [3.8, 4) is 0 Å². The number of aliphatic carboxylic acids is 1. The number of carbonyl (C=O) groups is 3. The van der Waals surface area contributed by atoms with Crippen molar-refractivity contribution in [2.24, 2.45) is 5.41 Å². The number of carboxylic acids is 2. The highest BCUT2D eigenvalue weighted by atomic mass is 16.4. The van der Waals surface area contributed by atoms with E-state index in [0.717, 1.165) is 0 Å². The second kappa shape index (κ2) is 6.88. The standard InChI is InChI=1S/C15H19NO5/c1-3-15(4-2,14(20)21)9-12(17)16-11-8-6-5-7-10(11)13(18)19/h5-8H,3-4,9H2,1-2H3,(H,16,17)(H,18,19)(H,20,21). The van der Waals surface area contributed by atoms with Crippen molar-refractivity contribution in [1.82, 2.24) is 0 Å². The quantitative estimate of drug-likeness (QED) is 0.717. The molecule has 1 aromatic carbocycles. The summed E-state index contributed by atoms with van der Waals surface area (Å²) in [7, 11) is 0. The van der Waals surface area contributed by atoms with Crippen LogP contribution in [-0.4, -0.2) is 28.1 Å². The third kappa shape index (κ3) is 3.81. The van der Waals surface area contributed by atoms with Crippen LogP contribution in [0.25, 0.3) is 0 Å². The molecule has 0 saturated heterocycles. The number of carbonyl (C=O) groups excluding carboxylic acids is 1. The highest BCUT2D eigenvalue weighted by molar-refractivity contribution is 6.01. The van der Waals surface area contributed by atoms with Crippen LogP contribution >= 0.6 is 0 Å². The Morgan fingerprint density at radius 3 is 2.14 bits per heavy atom. The lowest BCUT2D eigenvalue weighted by atomic mass is 9.79. The summed E-state index contributed by atoms with van der Waals surface area (Å²) in [6.07, 6.45) is 0.461. The summed E-state index contributed by atoms with van der Waals surface area (Å²) < 4.78 is 0. The molecular weight excluding hydrogens is 274 g/mol. The Hall–Kier alpha value is -2.37. The lowest BCUT2D eigenvalue weighted by molar-refractivity contribution is -0.151. The number of carboxylic acid groups (broad SMARTS) is 2. The van der Waals surface area contributed by atoms with E-state index in [1.165, 1.54) is 12.1 Å². The Kier molecular flexibility index (Phi) is 5.46. The molecule has 0 aliphatic carbocycles. The smallest absolute Gasteiger partial charge is 0.337 e. The molecule has 0 unspecified atom stereocenters. The number of anilines is 1. The fourth-order valence-electron chi connectivity index (χ4n) is 2.16. The lowest BCUT2D eigenvalue weighted by Gasteiger charge is -2.25. The van der Waals surface area contributed by atoms with E-state index in [4.69, 9.17) is 5.11 Å². The SMILES string of the molecule is CCC(CC)(CC(=O)Nc1ccccc1C(=O)O)C(=O)O. The minimum absolute atomic E-state index is 0.0280. The van der Waals surface area contributed by atoms with E-state index in [0.29, 0.717) is 12.8 Å². The number of para-hydroxylation sites is 1. The van der Waals surface area contributed by atoms with Gasteiger partial charge in [0.05, 0.1) is 16.7 Å². The first-order valence-corrected chi connectivity index (χ1v) is 6.72. The van der Waals surface area contributed by atoms with Gasteiger partial charge in [0.2, 0.25) is 5.91 Å². The number of hydrogen-bond donors (Lipinski definition) is 3. The zero-order valence-corrected chi connectivity index (χ0v) is 12.0. The average molecular weight is 293 g/mol. The predicted molar refractivity (Wildman–Crippen MR) is 77.3 cm³/mol. The Bertz CT molecular complexity index is 549. The number of nitrogens with one attached hydrogen (secondary N) is 1. The maximum atomic E-state index is 12.1. The van der Waals surface area contributed by atoms with Crippen molar-refractivity contribution in [2.75, 3.05) is 5.32 Å². The maximum absolute atomic E-state index is 12.1. The summed E-state index contributed by atoms with van der Waals surface area (Å²) in [4.78, 5) is 34.5. The van der Waals surface area contributed by atoms with Gasteiger partial charge in [-0.1, -0.05) is 26.0 Å². The molecular formula is C15H19NO5. The summed E-state index contributed by atoms with van der Waals surface area (Å²) in [5.74, 6) is -2.68. The average Bonchev–Trinajstić information content (AvgIpc) is 2.44. The van der Waals surface area contributed by atoms with E-state index in [-0.39, 0.29) is 17.7 Å². The van der Waals surface area contributed by atoms with Crippen molar-refractivity contribution in [1.29, 1.82) is 0 Å². The lowest BCUT2D eigenvalue weighted by Crippen LogP contribution is -2.34. The predicted octanol–water partition coefficient (Wildman–Crippen LogP) is 2.60. The van der Waals surface area contributed by atoms with Crippen LogP contribution in [0.1, 0.15) is 43.5 Å². The highest BCUT2D eigenvalue weighted by Gasteiger charge is 2.37. The molecule has 1 amide bonds. The summed E-state index contributed by atoms with van der Waals surface area (Å²) in [5, 5.41) is 20.8. The van der Waals surface area contributed by atoms with E-state index >= 15 is 0 Å². The van der Waals surface area contributed by atoms with Crippen molar-refractivity contribution in [3.05, 3.63) is 29.8 Å². The zero-order chi connectivity index (χ0) is 16.0. The molecule has 0 aromatic heterocycles. The van der Waals surface area contributed by atoms with E-state index in [1.807, 2.05) is 0 Å². The Labute approximate surface area is 122 Å². The second-order valence-corrected chi connectivity index (χ2v) is 4.87. The van der Waals surface area contributed by atoms with Crippen LogP contribution in [0.2, 0.25) is 0 Å². The van der Waals surface area contributed by atoms with Gasteiger partial charge in [-0.15, -0.1) is 0 Å². The third-order valence-corrected chi connectivity index (χ3v) is 3.74. The van der Waals surface area contributed by atoms with Gasteiger partial charge in [-0.3, -0.25) is 9.59 Å². The van der Waals surface area contributed by atoms with E-state index in [1.54, 1.807) is 26.0 Å². The first-order valence-electron chi connectivity index (χ1n) is 6.72. The van der Waals surface area contributed by atoms with Gasteiger partial charge in [0.1, 0.15) is 0 Å². The van der Waals surface area contributed by atoms with Crippen LogP contribution in [0.4, 0.5) is 5.69 Å². The normalized spacial score (nSPS) is 11.0. The molecule has 6 nitrogen and oxygen atoms in total. The van der Waals surface area contributed by atoms with Gasteiger partial charge >= 0.3 is 11.9 Å². The first-order chi connectivity index (χ1) is 9.86. The molecule has 0 heterocycles. The van der Waals surface area contributed by atoms with Crippen LogP contribution in [0.3, 0.4) is 0 Å². The molecule has 1 rings (SSSR count). The van der Waals surface area contributed by atoms with Crippen LogP contribution in [-0.2, 0) is 9.59 Å². The fourth-order valence-corrected chi connectivity index (χ4v) is 2.16. The zero-order valence-electron chi connectivity index (χ0n) is 12.0. The topological polar surface area (TPSA) is 104 Å². The van der Waals surface area contributed by atoms with Gasteiger partial charge in [-0.05, 0) is 25.0 Å². The number of aromatic carboxylic acids is 1. The molecule has 0 aliphatic heterocycles. The molecule has 21 heavy (non-hydrogen) atoms. The molecule has 114 valence electrons. The van der Waals surface area contributed by atoms with Crippen molar-refractivity contribution in [3.63, 3.8) is 0 Å². The number of rotatable bonds is 7. The molecule has 0 atom stereocenters. The Morgan fingerprint density at radius 1 is 1.10 bits per heavy atom. The summed E-state index contributed by atoms with van der Waals surface area (Å²) in [5.41, 5.74) is -0.983. The molecule has 0 spiro atoms. The minimum Gasteiger partial charge on any atom is -0.481 e. The molecule has 1 aromatic rings. The van der Waals surface area contributed by atoms with Crippen molar-refractivity contribution < 1.29 is 24.6 Å². The molecule has 0 fully saturated rings. The second-order valence-electron chi connectivity index (χ2n) is 4.87. The summed E-state index contributed by atoms with van der Waals surface area (Å²) >= 11 is 0. The van der Waals surface area contributed by atoms with Gasteiger partial charge in [0.15, 0.2) is 0 Å². The first kappa shape index (κ1) is 16.7. The van der Waals surface area contributed by atoms with Crippen LogP contribution in [0, 0.1) is 5.41 Å². The Balaban J connectivity index is 2.92. The van der Waals surface area contributed by atoms with Gasteiger partial charge < -0.3 is 15.5 Å². The molecule has 0 radical (unpaired) electrons. The number of hydrogen-bond acceptors (Lipinski definition) is 3. The monoisotopic (exact) mass is 293 g/mol. The number of amides is 1. The van der Waals surface area contributed by atoms with Crippen LogP contribution in [0.15, 0.2) is 24.3 Å². The molecule has 6 heteroatoms. The number of benzene rings is 1. The molecule has 0 aliphatic rings. The van der Waals surface area contributed by atoms with Crippen LogP contribution in [0.5, 0.6) is 0 Å². The van der Waals surface area contributed by atoms with Crippen molar-refractivity contribution in [2.45, 2.75) is 33.1 Å². The van der Waals surface area contributed by atoms with Gasteiger partial charge in [-0.2, -0.15) is 0 Å². The summed E-state index contributed by atoms with van der Waals surface area (Å²) in [6.45, 7) is 3.44. The Morgan fingerprint density at radius 2 is 1.67 bits per heavy atom. The van der Waals surface area contributed by atoms with Gasteiger partial charge in [0.25, 0.3) is 0 Å². The summed E-state index contributed by atoms with van der Waals surface area (Å²) in [6, 6.07) is 6.01. The molecule has 3 N–H and O–H groups in total. The fraction of sp³-hybridized carbons (Fsp3) is 0.400. The highest BCUT2D eigenvalue weighted by Crippen LogP contribution is 2.31. The van der Waals surface area contributed by atoms with Crippen molar-refractivity contribution >= 4 is 23.5 Å². The van der Waals surface area contributed by atoms with E-state index in [2.05, 4.69) is 5.32 Å². The van der Waals surface area contributed by atoms with Gasteiger partial charge in [-0.25, -0.2) is 4.79 Å². The largest absolute Gasteiger partial charge is 0.481 e.